The number of amides is 3. The molecule has 4 aliphatic heterocycles. The van der Waals surface area contributed by atoms with Crippen molar-refractivity contribution in [2.24, 2.45) is 11.8 Å². The molecule has 0 radical (unpaired) electrons. The predicted octanol–water partition coefficient (Wildman–Crippen LogP) is 2.62. The third-order valence-corrected chi connectivity index (χ3v) is 9.40. The van der Waals surface area contributed by atoms with Gasteiger partial charge in [0, 0.05) is 30.0 Å². The quantitative estimate of drug-likeness (QED) is 0.361. The number of halogens is 1. The maximum atomic E-state index is 14.5. The molecule has 226 valence electrons. The highest BCUT2D eigenvalue weighted by Gasteiger charge is 2.75. The van der Waals surface area contributed by atoms with Crippen LogP contribution in [0.5, 0.6) is 0 Å². The average molecular weight is 645 g/mol. The number of hydrogen-bond donors (Lipinski definition) is 2. The van der Waals surface area contributed by atoms with Gasteiger partial charge in [0.25, 0.3) is 0 Å². The first-order chi connectivity index (χ1) is 20.2. The molecule has 5 bridgehead atoms. The molecule has 10 nitrogen and oxygen atoms in total. The first-order valence-corrected chi connectivity index (χ1v) is 15.5. The summed E-state index contributed by atoms with van der Waals surface area (Å²) in [5, 5.41) is 12.8. The molecule has 5 rings (SSSR count). The minimum atomic E-state index is -1.39. The van der Waals surface area contributed by atoms with E-state index in [2.05, 4.69) is 21.2 Å². The van der Waals surface area contributed by atoms with Crippen LogP contribution in [-0.4, -0.2) is 88.6 Å². The monoisotopic (exact) mass is 643 g/mol. The van der Waals surface area contributed by atoms with Crippen LogP contribution >= 0.6 is 15.9 Å². The first-order valence-electron chi connectivity index (χ1n) is 14.7. The zero-order valence-corrected chi connectivity index (χ0v) is 25.5. The summed E-state index contributed by atoms with van der Waals surface area (Å²) < 4.78 is 13.1. The lowest BCUT2D eigenvalue weighted by Crippen LogP contribution is -2.57. The van der Waals surface area contributed by atoms with Gasteiger partial charge in [-0.15, -0.1) is 0 Å². The fourth-order valence-electron chi connectivity index (χ4n) is 6.76. The predicted molar refractivity (Wildman–Crippen MR) is 157 cm³/mol. The van der Waals surface area contributed by atoms with Gasteiger partial charge in [-0.3, -0.25) is 19.2 Å². The molecular weight excluding hydrogens is 606 g/mol. The zero-order valence-electron chi connectivity index (χ0n) is 23.9. The van der Waals surface area contributed by atoms with Gasteiger partial charge in [-0.2, -0.15) is 0 Å². The van der Waals surface area contributed by atoms with Crippen molar-refractivity contribution in [2.45, 2.75) is 69.4 Å². The Morgan fingerprint density at radius 3 is 2.62 bits per heavy atom. The fourth-order valence-corrected chi connectivity index (χ4v) is 7.50. The van der Waals surface area contributed by atoms with Crippen LogP contribution in [-0.2, 0) is 28.7 Å². The van der Waals surface area contributed by atoms with Gasteiger partial charge < -0.3 is 29.7 Å². The molecule has 4 heterocycles. The van der Waals surface area contributed by atoms with E-state index in [1.54, 1.807) is 11.0 Å². The van der Waals surface area contributed by atoms with Gasteiger partial charge in [0.15, 0.2) is 0 Å². The lowest BCUT2D eigenvalue weighted by Gasteiger charge is -2.38. The van der Waals surface area contributed by atoms with Crippen LogP contribution in [0.25, 0.3) is 0 Å². The van der Waals surface area contributed by atoms with Crippen molar-refractivity contribution < 1.29 is 33.8 Å². The van der Waals surface area contributed by atoms with Gasteiger partial charge >= 0.3 is 5.97 Å². The van der Waals surface area contributed by atoms with E-state index in [1.807, 2.05) is 56.3 Å². The van der Waals surface area contributed by atoms with Crippen molar-refractivity contribution in [1.29, 1.82) is 0 Å². The van der Waals surface area contributed by atoms with E-state index in [-0.39, 0.29) is 50.5 Å². The molecule has 11 heteroatoms. The van der Waals surface area contributed by atoms with Crippen LogP contribution in [0.1, 0.15) is 51.2 Å². The van der Waals surface area contributed by atoms with E-state index in [0.717, 1.165) is 12.8 Å². The zero-order chi connectivity index (χ0) is 30.0. The Morgan fingerprint density at radius 2 is 1.90 bits per heavy atom. The molecule has 0 saturated carbocycles. The third-order valence-electron chi connectivity index (χ3n) is 8.72. The number of carbonyl (C=O) groups excluding carboxylic acids is 4. The molecule has 1 unspecified atom stereocenters. The minimum absolute atomic E-state index is 0.0668. The normalized spacial score (nSPS) is 33.2. The summed E-state index contributed by atoms with van der Waals surface area (Å²) in [4.78, 5) is 58.2. The molecule has 1 spiro atoms. The minimum Gasteiger partial charge on any atom is -0.455 e. The van der Waals surface area contributed by atoms with Crippen LogP contribution in [0.15, 0.2) is 53.0 Å². The van der Waals surface area contributed by atoms with Crippen LogP contribution in [0.2, 0.25) is 0 Å². The summed E-state index contributed by atoms with van der Waals surface area (Å²) in [5.41, 5.74) is -0.694. The summed E-state index contributed by atoms with van der Waals surface area (Å²) in [5.74, 6) is -3.58. The number of aliphatic hydroxyl groups excluding tert-OH is 1. The number of rotatable bonds is 6. The summed E-state index contributed by atoms with van der Waals surface area (Å²) >= 11 is 3.55. The third kappa shape index (κ3) is 5.42. The van der Waals surface area contributed by atoms with Gasteiger partial charge in [0.1, 0.15) is 29.8 Å². The molecule has 7 atom stereocenters. The summed E-state index contributed by atoms with van der Waals surface area (Å²) in [6.07, 6.45) is 6.23. The van der Waals surface area contributed by atoms with E-state index in [4.69, 9.17) is 9.47 Å². The largest absolute Gasteiger partial charge is 0.455 e. The van der Waals surface area contributed by atoms with Crippen LogP contribution in [0.4, 0.5) is 0 Å². The van der Waals surface area contributed by atoms with E-state index >= 15 is 0 Å². The maximum absolute atomic E-state index is 14.5. The molecule has 2 saturated heterocycles. The summed E-state index contributed by atoms with van der Waals surface area (Å²) in [7, 11) is 0. The van der Waals surface area contributed by atoms with Crippen molar-refractivity contribution in [3.8, 4) is 0 Å². The molecule has 2 N–H and O–H groups in total. The second-order valence-corrected chi connectivity index (χ2v) is 12.3. The Balaban J connectivity index is 1.58. The van der Waals surface area contributed by atoms with Crippen LogP contribution < -0.4 is 5.32 Å². The molecular formula is C31H38BrN3O7. The molecule has 1 aromatic carbocycles. The van der Waals surface area contributed by atoms with Crippen molar-refractivity contribution in [3.63, 3.8) is 0 Å². The molecule has 42 heavy (non-hydrogen) atoms. The number of nitrogens with one attached hydrogen (secondary N) is 1. The molecule has 0 aliphatic carbocycles. The van der Waals surface area contributed by atoms with Crippen LogP contribution in [0, 0.1) is 11.8 Å². The van der Waals surface area contributed by atoms with Crippen molar-refractivity contribution in [2.75, 3.05) is 26.2 Å². The van der Waals surface area contributed by atoms with Gasteiger partial charge in [0.05, 0.1) is 19.1 Å². The SMILES string of the molecule is CCCC(C)N1C/C=C\CCC(=O)NC[C@H](c2ccccc2)OC(=O)[C@H]2[C@@H]3O[C@@]4(C=C3Br)[C@@H]2C(=O)N(CCO)[C@@H]4C1=O. The number of allylic oxidation sites excluding steroid dienone is 1. The second-order valence-electron chi connectivity index (χ2n) is 11.4. The van der Waals surface area contributed by atoms with E-state index in [1.165, 1.54) is 4.90 Å². The highest BCUT2D eigenvalue weighted by Crippen LogP contribution is 2.59. The van der Waals surface area contributed by atoms with E-state index in [0.29, 0.717) is 16.5 Å². The number of ether oxygens (including phenoxy) is 2. The summed E-state index contributed by atoms with van der Waals surface area (Å²) in [6, 6.07) is 7.91. The molecule has 4 aliphatic rings. The van der Waals surface area contributed by atoms with Crippen molar-refractivity contribution in [1.82, 2.24) is 15.1 Å². The molecule has 0 aromatic heterocycles. The number of benzene rings is 1. The number of esters is 1. The van der Waals surface area contributed by atoms with E-state index in [9.17, 15) is 24.3 Å². The lowest BCUT2D eigenvalue weighted by molar-refractivity contribution is -0.160. The first kappa shape index (κ1) is 30.4. The number of hydrogen-bond acceptors (Lipinski definition) is 7. The van der Waals surface area contributed by atoms with E-state index < -0.39 is 47.6 Å². The Labute approximate surface area is 254 Å². The van der Waals surface area contributed by atoms with Gasteiger partial charge in [-0.25, -0.2) is 0 Å². The van der Waals surface area contributed by atoms with Crippen molar-refractivity contribution >= 4 is 39.6 Å². The number of likely N-dealkylation sites (tertiary alicyclic amines) is 1. The number of carbonyl (C=O) groups is 4. The van der Waals surface area contributed by atoms with Crippen LogP contribution in [0.3, 0.4) is 0 Å². The van der Waals surface area contributed by atoms with Crippen molar-refractivity contribution in [3.05, 3.63) is 58.6 Å². The fraction of sp³-hybridized carbons (Fsp3) is 0.548. The Morgan fingerprint density at radius 1 is 1.14 bits per heavy atom. The van der Waals surface area contributed by atoms with Gasteiger partial charge in [0.2, 0.25) is 17.7 Å². The Bertz CT molecular complexity index is 1270. The lowest BCUT2D eigenvalue weighted by atomic mass is 9.74. The molecule has 3 amide bonds. The molecule has 1 aromatic rings. The molecule has 2 fully saturated rings. The number of nitrogens with zero attached hydrogens (tertiary/aromatic N) is 2. The second kappa shape index (κ2) is 12.7. The smallest absolute Gasteiger partial charge is 0.313 e. The highest BCUT2D eigenvalue weighted by atomic mass is 79.9. The number of β-amino-alcohol motifs (C(OH)–C–C–N with tert-alkyl or cyclic N) is 1. The highest BCUT2D eigenvalue weighted by molar-refractivity contribution is 9.11. The topological polar surface area (TPSA) is 125 Å². The summed E-state index contributed by atoms with van der Waals surface area (Å²) in [6.45, 7) is 3.95. The standard InChI is InChI=1S/C31H38BrN3O7/c1-3-10-19(2)34-14-9-5-8-13-23(37)33-18-22(20-11-6-4-7-12-20)41-30(40)24-25-28(38)35(15-16-36)27(29(34)39)31(25)17-21(32)26(24)42-31/h4-7,9,11-12,17,19,22,24-27,36H,3,8,10,13-16,18H2,1-2H3,(H,33,37)/b9-5-/t19?,22-,24-,25+,26-,27-,31+/m1/s1. The van der Waals surface area contributed by atoms with Gasteiger partial charge in [-0.05, 0) is 31.4 Å². The number of cyclic esters (lactones) is 1. The Kier molecular flexibility index (Phi) is 9.20. The Hall–Kier alpha value is -3.02. The average Bonchev–Trinajstić information content (AvgIpc) is 3.56. The maximum Gasteiger partial charge on any atom is 0.313 e. The number of aliphatic hydroxyl groups is 1. The number of fused-ring (bicyclic) bond motifs is 2. The van der Waals surface area contributed by atoms with Gasteiger partial charge in [-0.1, -0.05) is 71.8 Å².